The number of amides is 2. The normalized spacial score (nSPS) is 23.4. The second-order valence-electron chi connectivity index (χ2n) is 9.60. The Hall–Kier alpha value is -3.35. The molecule has 178 valence electrons. The minimum absolute atomic E-state index is 0.000111. The summed E-state index contributed by atoms with van der Waals surface area (Å²) in [6.45, 7) is 0.886. The molecule has 2 aromatic rings. The van der Waals surface area contributed by atoms with Crippen LogP contribution in [0.15, 0.2) is 48.5 Å². The molecule has 3 aliphatic rings. The Kier molecular flexibility index (Phi) is 6.26. The molecule has 2 N–H and O–H groups in total. The number of benzene rings is 2. The highest BCUT2D eigenvalue weighted by Gasteiger charge is 2.38. The SMILES string of the molecule is O=C(O)C[C@@H]1CCCN1C(=O)[C@H]1CC[C@@H](NC(=O)OCC2c3ccccc3-c3ccccc32)C1. The van der Waals surface area contributed by atoms with Gasteiger partial charge in [-0.3, -0.25) is 9.59 Å². The van der Waals surface area contributed by atoms with Crippen LogP contribution >= 0.6 is 0 Å². The fraction of sp³-hybridized carbons (Fsp3) is 0.444. The molecule has 7 nitrogen and oxygen atoms in total. The van der Waals surface area contributed by atoms with Gasteiger partial charge in [0.15, 0.2) is 0 Å². The summed E-state index contributed by atoms with van der Waals surface area (Å²) in [6.07, 6.45) is 3.12. The molecule has 1 aliphatic heterocycles. The van der Waals surface area contributed by atoms with Crippen LogP contribution in [0.2, 0.25) is 0 Å². The first-order chi connectivity index (χ1) is 16.5. The maximum absolute atomic E-state index is 13.0. The molecule has 2 fully saturated rings. The molecule has 0 unspecified atom stereocenters. The van der Waals surface area contributed by atoms with E-state index in [1.54, 1.807) is 4.90 Å². The van der Waals surface area contributed by atoms with E-state index in [1.165, 1.54) is 22.3 Å². The monoisotopic (exact) mass is 462 g/mol. The highest BCUT2D eigenvalue weighted by molar-refractivity contribution is 5.81. The number of likely N-dealkylation sites (tertiary alicyclic amines) is 1. The van der Waals surface area contributed by atoms with Crippen molar-refractivity contribution in [2.75, 3.05) is 13.2 Å². The summed E-state index contributed by atoms with van der Waals surface area (Å²) in [5.41, 5.74) is 4.72. The summed E-state index contributed by atoms with van der Waals surface area (Å²) in [6, 6.07) is 16.1. The van der Waals surface area contributed by atoms with Crippen molar-refractivity contribution >= 4 is 18.0 Å². The molecule has 1 heterocycles. The summed E-state index contributed by atoms with van der Waals surface area (Å²) >= 11 is 0. The third-order valence-corrected chi connectivity index (χ3v) is 7.52. The Bertz CT molecular complexity index is 1050. The molecule has 1 saturated heterocycles. The van der Waals surface area contributed by atoms with Crippen molar-refractivity contribution in [3.8, 4) is 11.1 Å². The molecule has 5 rings (SSSR count). The second-order valence-corrected chi connectivity index (χ2v) is 9.60. The fourth-order valence-electron chi connectivity index (χ4n) is 5.92. The van der Waals surface area contributed by atoms with Crippen molar-refractivity contribution in [3.05, 3.63) is 59.7 Å². The van der Waals surface area contributed by atoms with Gasteiger partial charge in [-0.2, -0.15) is 0 Å². The van der Waals surface area contributed by atoms with E-state index in [0.717, 1.165) is 19.3 Å². The van der Waals surface area contributed by atoms with Gasteiger partial charge in [-0.15, -0.1) is 0 Å². The van der Waals surface area contributed by atoms with Crippen LogP contribution in [-0.4, -0.2) is 53.2 Å². The molecule has 7 heteroatoms. The number of aliphatic carboxylic acids is 1. The van der Waals surface area contributed by atoms with E-state index in [-0.39, 0.29) is 42.9 Å². The zero-order chi connectivity index (χ0) is 23.7. The summed E-state index contributed by atoms with van der Waals surface area (Å²) in [5, 5.41) is 12.1. The topological polar surface area (TPSA) is 95.9 Å². The number of fused-ring (bicyclic) bond motifs is 3. The van der Waals surface area contributed by atoms with Crippen molar-refractivity contribution in [1.29, 1.82) is 0 Å². The number of rotatable bonds is 6. The maximum Gasteiger partial charge on any atom is 0.407 e. The average molecular weight is 463 g/mol. The van der Waals surface area contributed by atoms with Crippen LogP contribution in [0.4, 0.5) is 4.79 Å². The van der Waals surface area contributed by atoms with Crippen LogP contribution in [-0.2, 0) is 14.3 Å². The van der Waals surface area contributed by atoms with Crippen molar-refractivity contribution in [3.63, 3.8) is 0 Å². The van der Waals surface area contributed by atoms with Gasteiger partial charge in [-0.1, -0.05) is 48.5 Å². The van der Waals surface area contributed by atoms with E-state index in [0.29, 0.717) is 19.4 Å². The molecular weight excluding hydrogens is 432 g/mol. The molecule has 0 aromatic heterocycles. The summed E-state index contributed by atoms with van der Waals surface area (Å²) in [4.78, 5) is 38.4. The zero-order valence-corrected chi connectivity index (χ0v) is 19.1. The van der Waals surface area contributed by atoms with Crippen LogP contribution < -0.4 is 5.32 Å². The number of nitrogens with one attached hydrogen (secondary N) is 1. The largest absolute Gasteiger partial charge is 0.481 e. The number of nitrogens with zero attached hydrogens (tertiary/aromatic N) is 1. The fourth-order valence-corrected chi connectivity index (χ4v) is 5.92. The van der Waals surface area contributed by atoms with Gasteiger partial charge in [0.1, 0.15) is 6.61 Å². The Morgan fingerprint density at radius 2 is 1.65 bits per heavy atom. The van der Waals surface area contributed by atoms with Gasteiger partial charge < -0.3 is 20.1 Å². The molecule has 0 spiro atoms. The summed E-state index contributed by atoms with van der Waals surface area (Å²) in [7, 11) is 0. The first kappa shape index (κ1) is 22.4. The minimum atomic E-state index is -0.870. The Morgan fingerprint density at radius 1 is 0.971 bits per heavy atom. The van der Waals surface area contributed by atoms with E-state index >= 15 is 0 Å². The number of carbonyl (C=O) groups is 3. The van der Waals surface area contributed by atoms with Crippen LogP contribution in [0.5, 0.6) is 0 Å². The lowest BCUT2D eigenvalue weighted by molar-refractivity contribution is -0.141. The highest BCUT2D eigenvalue weighted by atomic mass is 16.5. The van der Waals surface area contributed by atoms with Gasteiger partial charge in [0, 0.05) is 30.5 Å². The molecule has 2 amide bonds. The van der Waals surface area contributed by atoms with Crippen molar-refractivity contribution in [1.82, 2.24) is 10.2 Å². The highest BCUT2D eigenvalue weighted by Crippen LogP contribution is 2.44. The minimum Gasteiger partial charge on any atom is -0.481 e. The van der Waals surface area contributed by atoms with Gasteiger partial charge >= 0.3 is 12.1 Å². The lowest BCUT2D eigenvalue weighted by atomic mass is 9.98. The maximum atomic E-state index is 13.0. The average Bonchev–Trinajstić information content (AvgIpc) is 3.55. The molecule has 0 radical (unpaired) electrons. The van der Waals surface area contributed by atoms with Crippen LogP contribution in [0.3, 0.4) is 0 Å². The molecule has 34 heavy (non-hydrogen) atoms. The first-order valence-corrected chi connectivity index (χ1v) is 12.1. The number of carboxylic acid groups (broad SMARTS) is 1. The number of carbonyl (C=O) groups excluding carboxylic acids is 2. The van der Waals surface area contributed by atoms with Gasteiger partial charge in [0.25, 0.3) is 0 Å². The number of alkyl carbamates (subject to hydrolysis) is 1. The Balaban J connectivity index is 1.15. The van der Waals surface area contributed by atoms with E-state index in [9.17, 15) is 14.4 Å². The van der Waals surface area contributed by atoms with Gasteiger partial charge in [-0.25, -0.2) is 4.79 Å². The number of carboxylic acids is 1. The molecule has 0 bridgehead atoms. The summed E-state index contributed by atoms with van der Waals surface area (Å²) in [5.74, 6) is -1.00. The van der Waals surface area contributed by atoms with E-state index in [2.05, 4.69) is 29.6 Å². The standard InChI is InChI=1S/C27H30N2O5/c30-25(31)15-19-6-5-13-29(19)26(32)17-11-12-18(14-17)28-27(33)34-16-24-22-9-3-1-7-20(22)21-8-2-4-10-23(21)24/h1-4,7-10,17-19,24H,5-6,11-16H2,(H,28,33)(H,30,31)/t17-,18+,19-/m0/s1. The Labute approximate surface area is 199 Å². The third kappa shape index (κ3) is 4.39. The van der Waals surface area contributed by atoms with E-state index in [4.69, 9.17) is 9.84 Å². The zero-order valence-electron chi connectivity index (χ0n) is 19.1. The molecular formula is C27H30N2O5. The van der Waals surface area contributed by atoms with Crippen LogP contribution in [0.1, 0.15) is 55.6 Å². The predicted molar refractivity (Wildman–Crippen MR) is 126 cm³/mol. The van der Waals surface area contributed by atoms with Crippen LogP contribution in [0, 0.1) is 5.92 Å². The smallest absolute Gasteiger partial charge is 0.407 e. The number of ether oxygens (including phenoxy) is 1. The molecule has 3 atom stereocenters. The first-order valence-electron chi connectivity index (χ1n) is 12.1. The van der Waals surface area contributed by atoms with Crippen molar-refractivity contribution in [2.24, 2.45) is 5.92 Å². The lowest BCUT2D eigenvalue weighted by Gasteiger charge is -2.26. The van der Waals surface area contributed by atoms with Gasteiger partial charge in [0.2, 0.25) is 5.91 Å². The molecule has 2 aliphatic carbocycles. The quantitative estimate of drug-likeness (QED) is 0.672. The van der Waals surface area contributed by atoms with Crippen molar-refractivity contribution in [2.45, 2.75) is 56.5 Å². The molecule has 2 aromatic carbocycles. The molecule has 1 saturated carbocycles. The van der Waals surface area contributed by atoms with Crippen molar-refractivity contribution < 1.29 is 24.2 Å². The lowest BCUT2D eigenvalue weighted by Crippen LogP contribution is -2.41. The number of hydrogen-bond acceptors (Lipinski definition) is 4. The van der Waals surface area contributed by atoms with Gasteiger partial charge in [0.05, 0.1) is 6.42 Å². The van der Waals surface area contributed by atoms with E-state index < -0.39 is 12.1 Å². The third-order valence-electron chi connectivity index (χ3n) is 7.52. The summed E-state index contributed by atoms with van der Waals surface area (Å²) < 4.78 is 5.65. The second kappa shape index (κ2) is 9.49. The Morgan fingerprint density at radius 3 is 2.32 bits per heavy atom. The predicted octanol–water partition coefficient (Wildman–Crippen LogP) is 4.16. The number of hydrogen-bond donors (Lipinski definition) is 2. The van der Waals surface area contributed by atoms with E-state index in [1.807, 2.05) is 24.3 Å². The van der Waals surface area contributed by atoms with Gasteiger partial charge in [-0.05, 0) is 54.4 Å². The van der Waals surface area contributed by atoms with Crippen LogP contribution in [0.25, 0.3) is 11.1 Å².